The minimum absolute atomic E-state index is 0.0614. The molecule has 1 aliphatic rings. The van der Waals surface area contributed by atoms with Crippen LogP contribution in [-0.2, 0) is 11.0 Å². The first-order chi connectivity index (χ1) is 18.1. The van der Waals surface area contributed by atoms with Gasteiger partial charge in [0.15, 0.2) is 0 Å². The molecule has 38 heavy (non-hydrogen) atoms. The van der Waals surface area contributed by atoms with Gasteiger partial charge in [-0.15, -0.1) is 0 Å². The van der Waals surface area contributed by atoms with Crippen molar-refractivity contribution >= 4 is 17.7 Å². The predicted octanol–water partition coefficient (Wildman–Crippen LogP) is 8.66. The monoisotopic (exact) mass is 521 g/mol. The van der Waals surface area contributed by atoms with Gasteiger partial charge in [0, 0.05) is 12.6 Å². The minimum Gasteiger partial charge on any atom is -0.481 e. The van der Waals surface area contributed by atoms with Crippen LogP contribution >= 0.6 is 0 Å². The molecule has 3 aromatic rings. The van der Waals surface area contributed by atoms with Crippen LogP contribution in [0.5, 0.6) is 0 Å². The summed E-state index contributed by atoms with van der Waals surface area (Å²) in [5.74, 6) is -2.59. The maximum absolute atomic E-state index is 14.9. The van der Waals surface area contributed by atoms with Crippen molar-refractivity contribution in [2.24, 2.45) is 5.92 Å². The van der Waals surface area contributed by atoms with E-state index in [1.807, 2.05) is 91.6 Å². The van der Waals surface area contributed by atoms with Crippen LogP contribution in [0.2, 0.25) is 0 Å². The number of carboxylic acids is 1. The summed E-state index contributed by atoms with van der Waals surface area (Å²) >= 11 is 0. The van der Waals surface area contributed by atoms with Crippen molar-refractivity contribution in [3.05, 3.63) is 95.6 Å². The summed E-state index contributed by atoms with van der Waals surface area (Å²) in [5, 5.41) is 10.1. The van der Waals surface area contributed by atoms with E-state index in [0.29, 0.717) is 12.1 Å². The van der Waals surface area contributed by atoms with Crippen molar-refractivity contribution < 1.29 is 23.1 Å². The highest BCUT2D eigenvalue weighted by atomic mass is 19.4. The second kappa shape index (κ2) is 11.9. The number of aliphatic carboxylic acids is 1. The van der Waals surface area contributed by atoms with E-state index in [2.05, 4.69) is 0 Å². The van der Waals surface area contributed by atoms with Gasteiger partial charge in [-0.05, 0) is 66.0 Å². The molecule has 1 N–H and O–H groups in total. The van der Waals surface area contributed by atoms with Gasteiger partial charge in [0.05, 0.1) is 17.2 Å². The molecule has 2 atom stereocenters. The Bertz CT molecular complexity index is 1250. The maximum atomic E-state index is 14.9. The van der Waals surface area contributed by atoms with E-state index in [4.69, 9.17) is 0 Å². The number of carbonyl (C=O) groups is 1. The van der Waals surface area contributed by atoms with Crippen molar-refractivity contribution in [3.8, 4) is 11.1 Å². The highest BCUT2D eigenvalue weighted by Gasteiger charge is 2.42. The maximum Gasteiger partial charge on any atom is 0.418 e. The summed E-state index contributed by atoms with van der Waals surface area (Å²) in [7, 11) is 0. The van der Waals surface area contributed by atoms with Gasteiger partial charge in [-0.2, -0.15) is 13.2 Å². The average molecular weight is 522 g/mol. The van der Waals surface area contributed by atoms with Gasteiger partial charge in [0.2, 0.25) is 0 Å². The number of alkyl halides is 3. The molecule has 1 fully saturated rings. The van der Waals surface area contributed by atoms with Crippen molar-refractivity contribution in [1.29, 1.82) is 0 Å². The van der Waals surface area contributed by atoms with Crippen LogP contribution in [0.1, 0.15) is 62.1 Å². The third-order valence-electron chi connectivity index (χ3n) is 7.09. The van der Waals surface area contributed by atoms with Gasteiger partial charge >= 0.3 is 12.1 Å². The molecule has 6 heteroatoms. The highest BCUT2D eigenvalue weighted by Crippen LogP contribution is 2.46. The van der Waals surface area contributed by atoms with Gasteiger partial charge in [0.25, 0.3) is 0 Å². The molecule has 0 spiro atoms. The zero-order valence-corrected chi connectivity index (χ0v) is 21.8. The second-order valence-corrected chi connectivity index (χ2v) is 10.4. The lowest BCUT2D eigenvalue weighted by Gasteiger charge is -2.39. The average Bonchev–Trinajstić information content (AvgIpc) is 2.90. The van der Waals surface area contributed by atoms with Gasteiger partial charge in [-0.1, -0.05) is 86.7 Å². The Morgan fingerprint density at radius 2 is 1.66 bits per heavy atom. The third-order valence-corrected chi connectivity index (χ3v) is 7.09. The Morgan fingerprint density at radius 3 is 2.26 bits per heavy atom. The number of halogens is 3. The highest BCUT2D eigenvalue weighted by molar-refractivity contribution is 5.81. The summed E-state index contributed by atoms with van der Waals surface area (Å²) in [4.78, 5) is 14.2. The molecule has 0 bridgehead atoms. The van der Waals surface area contributed by atoms with Crippen LogP contribution in [0.15, 0.2) is 78.9 Å². The summed E-state index contributed by atoms with van der Waals surface area (Å²) in [6, 6.07) is 21.7. The lowest BCUT2D eigenvalue weighted by atomic mass is 9.83. The Hall–Kier alpha value is -3.54. The molecular weight excluding hydrogens is 487 g/mol. The predicted molar refractivity (Wildman–Crippen MR) is 147 cm³/mol. The van der Waals surface area contributed by atoms with E-state index < -0.39 is 23.6 Å². The normalized spacial score (nSPS) is 17.2. The van der Waals surface area contributed by atoms with E-state index in [1.54, 1.807) is 6.07 Å². The molecule has 0 aromatic heterocycles. The molecule has 200 valence electrons. The quantitative estimate of drug-likeness (QED) is 0.322. The largest absolute Gasteiger partial charge is 0.481 e. The first-order valence-corrected chi connectivity index (χ1v) is 13.2. The molecule has 1 saturated heterocycles. The van der Waals surface area contributed by atoms with Crippen LogP contribution in [0.4, 0.5) is 18.9 Å². The van der Waals surface area contributed by atoms with Crippen LogP contribution in [0, 0.1) is 5.92 Å². The number of carboxylic acid groups (broad SMARTS) is 1. The number of benzene rings is 3. The number of nitrogens with zero attached hydrogens (tertiary/aromatic N) is 1. The van der Waals surface area contributed by atoms with Crippen LogP contribution in [0.3, 0.4) is 0 Å². The zero-order chi connectivity index (χ0) is 27.3. The second-order valence-electron chi connectivity index (χ2n) is 10.4. The standard InChI is InChI=1S/C32H34F3NO2/c1-22(2)19-28(31(37)38)27-20-25(24-13-7-4-8-14-24)21-29(30(27)32(33,34)35)36-18-10-9-15-26(36)17-16-23-11-5-3-6-12-23/h3-8,11-14,16-17,20-22,26,28H,9-10,15,18-19H2,1-2H3,(H,37,38)/t26?,28-/m1/s1. The topological polar surface area (TPSA) is 40.5 Å². The molecule has 3 aromatic carbocycles. The first kappa shape index (κ1) is 27.5. The third kappa shape index (κ3) is 6.47. The number of piperidine rings is 1. The molecule has 0 saturated carbocycles. The lowest BCUT2D eigenvalue weighted by Crippen LogP contribution is -2.40. The van der Waals surface area contributed by atoms with Crippen molar-refractivity contribution in [2.45, 2.75) is 57.7 Å². The molecule has 0 amide bonds. The fraction of sp³-hybridized carbons (Fsp3) is 0.344. The summed E-state index contributed by atoms with van der Waals surface area (Å²) in [5.41, 5.74) is 1.40. The Kier molecular flexibility index (Phi) is 8.60. The van der Waals surface area contributed by atoms with E-state index >= 15 is 0 Å². The summed E-state index contributed by atoms with van der Waals surface area (Å²) in [6.45, 7) is 4.13. The molecule has 1 aliphatic heterocycles. The van der Waals surface area contributed by atoms with Gasteiger partial charge in [-0.3, -0.25) is 4.79 Å². The minimum atomic E-state index is -4.71. The van der Waals surface area contributed by atoms with Crippen molar-refractivity contribution in [3.63, 3.8) is 0 Å². The molecule has 0 radical (unpaired) electrons. The molecule has 3 nitrogen and oxygen atoms in total. The summed E-state index contributed by atoms with van der Waals surface area (Å²) < 4.78 is 44.7. The fourth-order valence-electron chi connectivity index (χ4n) is 5.33. The van der Waals surface area contributed by atoms with E-state index in [0.717, 1.165) is 30.4 Å². The Balaban J connectivity index is 1.93. The smallest absolute Gasteiger partial charge is 0.418 e. The fourth-order valence-corrected chi connectivity index (χ4v) is 5.33. The number of rotatable bonds is 8. The van der Waals surface area contributed by atoms with Crippen LogP contribution < -0.4 is 4.90 Å². The molecule has 0 aliphatic carbocycles. The van der Waals surface area contributed by atoms with E-state index in [1.165, 1.54) is 6.07 Å². The van der Waals surface area contributed by atoms with Gasteiger partial charge in [-0.25, -0.2) is 0 Å². The molecule has 1 heterocycles. The van der Waals surface area contributed by atoms with E-state index in [9.17, 15) is 23.1 Å². The molecule has 1 unspecified atom stereocenters. The van der Waals surface area contributed by atoms with Gasteiger partial charge in [0.1, 0.15) is 0 Å². The van der Waals surface area contributed by atoms with E-state index in [-0.39, 0.29) is 29.6 Å². The Labute approximate surface area is 222 Å². The number of hydrogen-bond acceptors (Lipinski definition) is 2. The first-order valence-electron chi connectivity index (χ1n) is 13.2. The van der Waals surface area contributed by atoms with Crippen molar-refractivity contribution in [2.75, 3.05) is 11.4 Å². The van der Waals surface area contributed by atoms with Crippen molar-refractivity contribution in [1.82, 2.24) is 0 Å². The van der Waals surface area contributed by atoms with Crippen LogP contribution in [-0.4, -0.2) is 23.7 Å². The Morgan fingerprint density at radius 1 is 1.00 bits per heavy atom. The summed E-state index contributed by atoms with van der Waals surface area (Å²) in [6.07, 6.45) is 1.75. The van der Waals surface area contributed by atoms with Gasteiger partial charge < -0.3 is 10.0 Å². The number of hydrogen-bond donors (Lipinski definition) is 1. The van der Waals surface area contributed by atoms with Crippen LogP contribution in [0.25, 0.3) is 17.2 Å². The SMILES string of the molecule is CC(C)C[C@@H](C(=O)O)c1cc(-c2ccccc2)cc(N2CCCCC2C=Cc2ccccc2)c1C(F)(F)F. The molecular formula is C32H34F3NO2. The molecule has 4 rings (SSSR count). The zero-order valence-electron chi connectivity index (χ0n) is 21.8. The number of anilines is 1. The lowest BCUT2D eigenvalue weighted by molar-refractivity contribution is -0.141.